The zero-order valence-corrected chi connectivity index (χ0v) is 10.4. The van der Waals surface area contributed by atoms with E-state index in [-0.39, 0.29) is 0 Å². The Morgan fingerprint density at radius 3 is 3.07 bits per heavy atom. The highest BCUT2D eigenvalue weighted by Crippen LogP contribution is 2.24. The van der Waals surface area contributed by atoms with Gasteiger partial charge in [0.25, 0.3) is 0 Å². The van der Waals surface area contributed by atoms with Crippen LogP contribution in [-0.4, -0.2) is 11.0 Å². The van der Waals surface area contributed by atoms with E-state index in [1.165, 1.54) is 35.6 Å². The van der Waals surface area contributed by atoms with Crippen LogP contribution in [0.4, 0.5) is 0 Å². The van der Waals surface area contributed by atoms with Gasteiger partial charge in [-0.1, -0.05) is 19.8 Å². The lowest BCUT2D eigenvalue weighted by Crippen LogP contribution is -2.32. The molecule has 0 saturated heterocycles. The summed E-state index contributed by atoms with van der Waals surface area (Å²) in [5.74, 6) is 0.902. The molecule has 1 aromatic rings. The SMILES string of the molecule is Cc1ncc(CNC2CCCC(C)C2)s1. The van der Waals surface area contributed by atoms with E-state index in [1.54, 1.807) is 11.3 Å². The van der Waals surface area contributed by atoms with Gasteiger partial charge in [-0.05, 0) is 25.7 Å². The van der Waals surface area contributed by atoms with Crippen LogP contribution in [0, 0.1) is 12.8 Å². The Hall–Kier alpha value is -0.410. The summed E-state index contributed by atoms with van der Waals surface area (Å²) in [6, 6.07) is 0.733. The third-order valence-corrected chi connectivity index (χ3v) is 4.08. The third-order valence-electron chi connectivity index (χ3n) is 3.17. The van der Waals surface area contributed by atoms with Crippen LogP contribution in [0.15, 0.2) is 6.20 Å². The van der Waals surface area contributed by atoms with Crippen molar-refractivity contribution in [2.24, 2.45) is 5.92 Å². The number of hydrogen-bond donors (Lipinski definition) is 1. The van der Waals surface area contributed by atoms with Crippen molar-refractivity contribution in [1.29, 1.82) is 0 Å². The molecule has 1 aromatic heterocycles. The maximum atomic E-state index is 4.27. The lowest BCUT2D eigenvalue weighted by atomic mass is 9.87. The van der Waals surface area contributed by atoms with Crippen molar-refractivity contribution in [2.75, 3.05) is 0 Å². The first-order valence-corrected chi connectivity index (χ1v) is 6.70. The molecule has 3 heteroatoms. The van der Waals surface area contributed by atoms with Crippen molar-refractivity contribution in [3.8, 4) is 0 Å². The molecule has 0 spiro atoms. The molecule has 2 rings (SSSR count). The molecule has 0 amide bonds. The number of aryl methyl sites for hydroxylation is 1. The Balaban J connectivity index is 1.77. The third kappa shape index (κ3) is 3.28. The number of thiazole rings is 1. The van der Waals surface area contributed by atoms with E-state index in [0.29, 0.717) is 0 Å². The van der Waals surface area contributed by atoms with Crippen LogP contribution in [0.1, 0.15) is 42.5 Å². The minimum atomic E-state index is 0.733. The van der Waals surface area contributed by atoms with Crippen molar-refractivity contribution < 1.29 is 0 Å². The topological polar surface area (TPSA) is 24.9 Å². The fourth-order valence-electron chi connectivity index (χ4n) is 2.35. The summed E-state index contributed by atoms with van der Waals surface area (Å²) in [5.41, 5.74) is 0. The number of nitrogens with zero attached hydrogens (tertiary/aromatic N) is 1. The number of hydrogen-bond acceptors (Lipinski definition) is 3. The Kier molecular flexibility index (Phi) is 3.76. The molecule has 2 unspecified atom stereocenters. The minimum Gasteiger partial charge on any atom is -0.309 e. The van der Waals surface area contributed by atoms with Gasteiger partial charge in [0.2, 0.25) is 0 Å². The van der Waals surface area contributed by atoms with Gasteiger partial charge in [-0.25, -0.2) is 4.98 Å². The fourth-order valence-corrected chi connectivity index (χ4v) is 3.10. The summed E-state index contributed by atoms with van der Waals surface area (Å²) in [7, 11) is 0. The number of aromatic nitrogens is 1. The summed E-state index contributed by atoms with van der Waals surface area (Å²) in [5, 5.41) is 4.82. The van der Waals surface area contributed by atoms with Crippen molar-refractivity contribution in [3.63, 3.8) is 0 Å². The molecule has 1 heterocycles. The molecule has 0 bridgehead atoms. The molecule has 84 valence electrons. The number of rotatable bonds is 3. The van der Waals surface area contributed by atoms with E-state index >= 15 is 0 Å². The summed E-state index contributed by atoms with van der Waals surface area (Å²) < 4.78 is 0. The van der Waals surface area contributed by atoms with Crippen LogP contribution >= 0.6 is 11.3 Å². The normalized spacial score (nSPS) is 26.8. The van der Waals surface area contributed by atoms with Gasteiger partial charge in [0.1, 0.15) is 0 Å². The van der Waals surface area contributed by atoms with Crippen molar-refractivity contribution in [3.05, 3.63) is 16.1 Å². The highest BCUT2D eigenvalue weighted by molar-refractivity contribution is 7.11. The van der Waals surface area contributed by atoms with Crippen LogP contribution in [0.25, 0.3) is 0 Å². The quantitative estimate of drug-likeness (QED) is 0.853. The molecule has 2 nitrogen and oxygen atoms in total. The van der Waals surface area contributed by atoms with Crippen molar-refractivity contribution in [2.45, 2.75) is 52.1 Å². The molecule has 0 aliphatic heterocycles. The van der Waals surface area contributed by atoms with Gasteiger partial charge in [-0.15, -0.1) is 11.3 Å². The first-order chi connectivity index (χ1) is 7.24. The summed E-state index contributed by atoms with van der Waals surface area (Å²) in [4.78, 5) is 5.64. The average Bonchev–Trinajstić information content (AvgIpc) is 2.62. The van der Waals surface area contributed by atoms with Gasteiger partial charge in [0.05, 0.1) is 5.01 Å². The second-order valence-corrected chi connectivity index (χ2v) is 6.01. The molecule has 0 aromatic carbocycles. The molecule has 0 radical (unpaired) electrons. The highest BCUT2D eigenvalue weighted by Gasteiger charge is 2.18. The maximum absolute atomic E-state index is 4.27. The molecular weight excluding hydrogens is 204 g/mol. The van der Waals surface area contributed by atoms with Crippen LogP contribution in [-0.2, 0) is 6.54 Å². The molecular formula is C12H20N2S. The van der Waals surface area contributed by atoms with Crippen LogP contribution in [0.2, 0.25) is 0 Å². The maximum Gasteiger partial charge on any atom is 0.0897 e. The Morgan fingerprint density at radius 1 is 1.53 bits per heavy atom. The van der Waals surface area contributed by atoms with Gasteiger partial charge in [0, 0.05) is 23.7 Å². The van der Waals surface area contributed by atoms with E-state index in [2.05, 4.69) is 24.1 Å². The highest BCUT2D eigenvalue weighted by atomic mass is 32.1. The Labute approximate surface area is 96.1 Å². The van der Waals surface area contributed by atoms with Crippen LogP contribution in [0.5, 0.6) is 0 Å². The van der Waals surface area contributed by atoms with Gasteiger partial charge >= 0.3 is 0 Å². The summed E-state index contributed by atoms with van der Waals surface area (Å²) in [6.45, 7) is 5.43. The lowest BCUT2D eigenvalue weighted by Gasteiger charge is -2.27. The summed E-state index contributed by atoms with van der Waals surface area (Å²) in [6.07, 6.45) is 7.50. The molecule has 1 aliphatic rings. The molecule has 2 atom stereocenters. The second-order valence-electron chi connectivity index (χ2n) is 4.70. The second kappa shape index (κ2) is 5.08. The van der Waals surface area contributed by atoms with E-state index in [0.717, 1.165) is 18.5 Å². The smallest absolute Gasteiger partial charge is 0.0897 e. The molecule has 1 N–H and O–H groups in total. The zero-order chi connectivity index (χ0) is 10.7. The number of nitrogens with one attached hydrogen (secondary N) is 1. The Bertz CT molecular complexity index is 308. The van der Waals surface area contributed by atoms with Gasteiger partial charge in [0.15, 0.2) is 0 Å². The summed E-state index contributed by atoms with van der Waals surface area (Å²) >= 11 is 1.80. The van der Waals surface area contributed by atoms with E-state index < -0.39 is 0 Å². The zero-order valence-electron chi connectivity index (χ0n) is 9.62. The monoisotopic (exact) mass is 224 g/mol. The van der Waals surface area contributed by atoms with Crippen LogP contribution < -0.4 is 5.32 Å². The first kappa shape index (κ1) is 11.1. The standard InChI is InChI=1S/C12H20N2S/c1-9-4-3-5-11(6-9)14-8-12-7-13-10(2)15-12/h7,9,11,14H,3-6,8H2,1-2H3. The Morgan fingerprint density at radius 2 is 2.40 bits per heavy atom. The minimum absolute atomic E-state index is 0.733. The fraction of sp³-hybridized carbons (Fsp3) is 0.750. The van der Waals surface area contributed by atoms with Gasteiger partial charge in [-0.2, -0.15) is 0 Å². The van der Waals surface area contributed by atoms with Gasteiger partial charge < -0.3 is 5.32 Å². The lowest BCUT2D eigenvalue weighted by molar-refractivity contribution is 0.301. The van der Waals surface area contributed by atoms with E-state index in [9.17, 15) is 0 Å². The average molecular weight is 224 g/mol. The van der Waals surface area contributed by atoms with Crippen molar-refractivity contribution in [1.82, 2.24) is 10.3 Å². The first-order valence-electron chi connectivity index (χ1n) is 5.88. The predicted octanol–water partition coefficient (Wildman–Crippen LogP) is 3.12. The van der Waals surface area contributed by atoms with E-state index in [4.69, 9.17) is 0 Å². The van der Waals surface area contributed by atoms with E-state index in [1.807, 2.05) is 6.20 Å². The van der Waals surface area contributed by atoms with Crippen LogP contribution in [0.3, 0.4) is 0 Å². The molecule has 15 heavy (non-hydrogen) atoms. The van der Waals surface area contributed by atoms with Gasteiger partial charge in [-0.3, -0.25) is 0 Å². The molecule has 1 aliphatic carbocycles. The molecule has 1 fully saturated rings. The largest absolute Gasteiger partial charge is 0.309 e. The predicted molar refractivity (Wildman–Crippen MR) is 65.1 cm³/mol. The van der Waals surface area contributed by atoms with Crippen molar-refractivity contribution >= 4 is 11.3 Å². The molecule has 1 saturated carbocycles.